The molecule has 0 unspecified atom stereocenters. The number of hydrogen-bond acceptors (Lipinski definition) is 5. The summed E-state index contributed by atoms with van der Waals surface area (Å²) >= 11 is -1.62. The van der Waals surface area contributed by atoms with Crippen LogP contribution in [0.15, 0.2) is 24.3 Å². The molecular formula is C10H12O5S. The number of benzene rings is 1. The van der Waals surface area contributed by atoms with Crippen LogP contribution >= 0.6 is 0 Å². The molecule has 1 aromatic rings. The van der Waals surface area contributed by atoms with Gasteiger partial charge in [-0.3, -0.25) is 8.37 Å². The van der Waals surface area contributed by atoms with Crippen LogP contribution in [0, 0.1) is 0 Å². The summed E-state index contributed by atoms with van der Waals surface area (Å²) in [5.41, 5.74) is 0. The van der Waals surface area contributed by atoms with Crippen LogP contribution in [-0.4, -0.2) is 30.6 Å². The summed E-state index contributed by atoms with van der Waals surface area (Å²) in [6, 6.07) is 7.25. The Bertz CT molecular complexity index is 381. The molecule has 6 heteroatoms. The van der Waals surface area contributed by atoms with Gasteiger partial charge in [0.2, 0.25) is 0 Å². The summed E-state index contributed by atoms with van der Waals surface area (Å²) in [4.78, 5) is 0. The standard InChI is InChI=1S/C10H12O5S/c1-12-8-3-2-4-9(5-8)13-6-10-7-14-16(11)15-10/h2-5,10H,6-7H2,1H3/t10-,16-/m1/s1. The lowest BCUT2D eigenvalue weighted by molar-refractivity contribution is 0.151. The smallest absolute Gasteiger partial charge is 0.305 e. The zero-order valence-electron chi connectivity index (χ0n) is 8.75. The van der Waals surface area contributed by atoms with Gasteiger partial charge in [-0.1, -0.05) is 6.07 Å². The van der Waals surface area contributed by atoms with Crippen molar-refractivity contribution in [3.05, 3.63) is 24.3 Å². The fraction of sp³-hybridized carbons (Fsp3) is 0.400. The van der Waals surface area contributed by atoms with E-state index in [1.165, 1.54) is 0 Å². The molecule has 1 fully saturated rings. The van der Waals surface area contributed by atoms with Crippen molar-refractivity contribution in [1.82, 2.24) is 0 Å². The fourth-order valence-electron chi connectivity index (χ4n) is 1.25. The second kappa shape index (κ2) is 5.29. The van der Waals surface area contributed by atoms with E-state index in [1.807, 2.05) is 18.2 Å². The Labute approximate surface area is 96.1 Å². The second-order valence-electron chi connectivity index (χ2n) is 3.20. The van der Waals surface area contributed by atoms with Crippen LogP contribution in [0.25, 0.3) is 0 Å². The SMILES string of the molecule is COc1cccc(OC[C@@H]2CO[S@@](=O)O2)c1. The molecule has 1 aliphatic heterocycles. The summed E-state index contributed by atoms with van der Waals surface area (Å²) < 4.78 is 31.0. The monoisotopic (exact) mass is 244 g/mol. The Morgan fingerprint density at radius 3 is 3.00 bits per heavy atom. The van der Waals surface area contributed by atoms with Gasteiger partial charge in [0.1, 0.15) is 24.2 Å². The maximum Gasteiger partial charge on any atom is 0.305 e. The van der Waals surface area contributed by atoms with Gasteiger partial charge in [0.25, 0.3) is 0 Å². The lowest BCUT2D eigenvalue weighted by Gasteiger charge is -2.09. The highest BCUT2D eigenvalue weighted by molar-refractivity contribution is 7.75. The minimum absolute atomic E-state index is 0.285. The normalized spacial score (nSPS) is 24.3. The van der Waals surface area contributed by atoms with Gasteiger partial charge in [0.15, 0.2) is 0 Å². The van der Waals surface area contributed by atoms with Crippen LogP contribution in [0.1, 0.15) is 0 Å². The van der Waals surface area contributed by atoms with E-state index >= 15 is 0 Å². The molecule has 16 heavy (non-hydrogen) atoms. The van der Waals surface area contributed by atoms with Gasteiger partial charge in [0.05, 0.1) is 13.7 Å². The Kier molecular flexibility index (Phi) is 3.76. The molecule has 0 bridgehead atoms. The summed E-state index contributed by atoms with van der Waals surface area (Å²) in [6.45, 7) is 0.593. The van der Waals surface area contributed by atoms with Crippen LogP contribution in [0.2, 0.25) is 0 Å². The minimum Gasteiger partial charge on any atom is -0.497 e. The molecule has 0 radical (unpaired) electrons. The summed E-state index contributed by atoms with van der Waals surface area (Å²) in [7, 11) is 1.59. The van der Waals surface area contributed by atoms with E-state index in [4.69, 9.17) is 17.8 Å². The molecular weight excluding hydrogens is 232 g/mol. The topological polar surface area (TPSA) is 54.0 Å². The highest BCUT2D eigenvalue weighted by Crippen LogP contribution is 2.19. The van der Waals surface area contributed by atoms with E-state index in [0.717, 1.165) is 5.75 Å². The molecule has 2 rings (SSSR count). The second-order valence-corrected chi connectivity index (χ2v) is 4.03. The molecule has 88 valence electrons. The van der Waals surface area contributed by atoms with E-state index in [2.05, 4.69) is 0 Å². The molecule has 2 atom stereocenters. The van der Waals surface area contributed by atoms with E-state index < -0.39 is 11.4 Å². The Morgan fingerprint density at radius 2 is 2.31 bits per heavy atom. The average molecular weight is 244 g/mol. The lowest BCUT2D eigenvalue weighted by atomic mass is 10.3. The lowest BCUT2D eigenvalue weighted by Crippen LogP contribution is -2.19. The molecule has 0 aliphatic carbocycles. The number of hydrogen-bond donors (Lipinski definition) is 0. The maximum absolute atomic E-state index is 10.8. The van der Waals surface area contributed by atoms with Gasteiger partial charge in [-0.2, -0.15) is 4.21 Å². The van der Waals surface area contributed by atoms with Crippen LogP contribution < -0.4 is 9.47 Å². The van der Waals surface area contributed by atoms with E-state index in [1.54, 1.807) is 13.2 Å². The van der Waals surface area contributed by atoms with Gasteiger partial charge < -0.3 is 9.47 Å². The molecule has 5 nitrogen and oxygen atoms in total. The Hall–Kier alpha value is -1.11. The first-order valence-electron chi connectivity index (χ1n) is 4.77. The van der Waals surface area contributed by atoms with Gasteiger partial charge in [-0.15, -0.1) is 0 Å². The average Bonchev–Trinajstić information content (AvgIpc) is 2.73. The molecule has 1 aliphatic rings. The quantitative estimate of drug-likeness (QED) is 0.793. The third-order valence-corrected chi connectivity index (χ3v) is 2.80. The molecule has 1 saturated heterocycles. The number of ether oxygens (including phenoxy) is 2. The van der Waals surface area contributed by atoms with Gasteiger partial charge in [-0.25, -0.2) is 0 Å². The van der Waals surface area contributed by atoms with Crippen LogP contribution in [0.3, 0.4) is 0 Å². The highest BCUT2D eigenvalue weighted by Gasteiger charge is 2.23. The zero-order valence-corrected chi connectivity index (χ0v) is 9.57. The first kappa shape index (κ1) is 11.4. The van der Waals surface area contributed by atoms with Crippen molar-refractivity contribution >= 4 is 11.4 Å². The van der Waals surface area contributed by atoms with E-state index in [0.29, 0.717) is 12.4 Å². The van der Waals surface area contributed by atoms with Crippen LogP contribution in [0.5, 0.6) is 11.5 Å². The molecule has 0 amide bonds. The maximum atomic E-state index is 10.8. The molecule has 0 spiro atoms. The van der Waals surface area contributed by atoms with Gasteiger partial charge in [-0.05, 0) is 12.1 Å². The van der Waals surface area contributed by atoms with E-state index in [9.17, 15) is 4.21 Å². The summed E-state index contributed by atoms with van der Waals surface area (Å²) in [5, 5.41) is 0. The summed E-state index contributed by atoms with van der Waals surface area (Å²) in [5.74, 6) is 1.41. The van der Waals surface area contributed by atoms with Gasteiger partial charge in [0, 0.05) is 6.07 Å². The minimum atomic E-state index is -1.62. The number of methoxy groups -OCH3 is 1. The van der Waals surface area contributed by atoms with Crippen LogP contribution in [0.4, 0.5) is 0 Å². The highest BCUT2D eigenvalue weighted by atomic mass is 32.2. The largest absolute Gasteiger partial charge is 0.497 e. The van der Waals surface area contributed by atoms with Crippen molar-refractivity contribution < 1.29 is 22.0 Å². The third kappa shape index (κ3) is 2.94. The molecule has 0 aromatic heterocycles. The zero-order chi connectivity index (χ0) is 11.4. The van der Waals surface area contributed by atoms with Crippen molar-refractivity contribution in [1.29, 1.82) is 0 Å². The number of rotatable bonds is 4. The van der Waals surface area contributed by atoms with E-state index in [-0.39, 0.29) is 12.7 Å². The predicted molar refractivity (Wildman–Crippen MR) is 57.5 cm³/mol. The van der Waals surface area contributed by atoms with Crippen molar-refractivity contribution in [2.45, 2.75) is 6.10 Å². The first-order valence-corrected chi connectivity index (χ1v) is 5.77. The Morgan fingerprint density at radius 1 is 1.50 bits per heavy atom. The molecule has 1 heterocycles. The molecule has 0 N–H and O–H groups in total. The van der Waals surface area contributed by atoms with Gasteiger partial charge >= 0.3 is 11.4 Å². The fourth-order valence-corrected chi connectivity index (χ4v) is 1.91. The predicted octanol–water partition coefficient (Wildman–Crippen LogP) is 1.07. The van der Waals surface area contributed by atoms with Crippen molar-refractivity contribution in [2.24, 2.45) is 0 Å². The summed E-state index contributed by atoms with van der Waals surface area (Å²) in [6.07, 6.45) is -0.285. The third-order valence-electron chi connectivity index (χ3n) is 2.04. The Balaban J connectivity index is 1.87. The van der Waals surface area contributed by atoms with Crippen LogP contribution in [-0.2, 0) is 19.7 Å². The van der Waals surface area contributed by atoms with Crippen molar-refractivity contribution in [3.63, 3.8) is 0 Å². The molecule has 1 aromatic carbocycles. The van der Waals surface area contributed by atoms with Crippen molar-refractivity contribution in [2.75, 3.05) is 20.3 Å². The first-order chi connectivity index (χ1) is 7.78. The molecule has 0 saturated carbocycles. The van der Waals surface area contributed by atoms with Crippen molar-refractivity contribution in [3.8, 4) is 11.5 Å².